The number of hydrogen-bond acceptors (Lipinski definition) is 4. The summed E-state index contributed by atoms with van der Waals surface area (Å²) in [7, 11) is 3.57. The van der Waals surface area contributed by atoms with E-state index in [1.165, 1.54) is 4.88 Å². The molecule has 0 aliphatic carbocycles. The van der Waals surface area contributed by atoms with Gasteiger partial charge in [-0.25, -0.2) is 0 Å². The van der Waals surface area contributed by atoms with E-state index in [2.05, 4.69) is 27.3 Å². The largest absolute Gasteiger partial charge is 0.497 e. The molecule has 0 bridgehead atoms. The smallest absolute Gasteiger partial charge is 0.241 e. The first-order valence-electron chi connectivity index (χ1n) is 6.89. The molecule has 0 unspecified atom stereocenters. The maximum atomic E-state index is 12.3. The van der Waals surface area contributed by atoms with Crippen LogP contribution in [0.1, 0.15) is 11.8 Å². The van der Waals surface area contributed by atoms with E-state index >= 15 is 0 Å². The number of ether oxygens (including phenoxy) is 1. The molecule has 1 atom stereocenters. The van der Waals surface area contributed by atoms with E-state index in [1.807, 2.05) is 49.2 Å². The van der Waals surface area contributed by atoms with E-state index in [0.29, 0.717) is 0 Å². The minimum absolute atomic E-state index is 0.0247. The van der Waals surface area contributed by atoms with Crippen LogP contribution in [0.4, 0.5) is 5.69 Å². The van der Waals surface area contributed by atoms with Gasteiger partial charge in [-0.2, -0.15) is 0 Å². The first-order chi connectivity index (χ1) is 10.5. The average Bonchev–Trinajstić information content (AvgIpc) is 2.92. The van der Waals surface area contributed by atoms with Crippen molar-refractivity contribution in [2.24, 2.45) is 0 Å². The molecule has 0 spiro atoms. The van der Waals surface area contributed by atoms with Crippen LogP contribution < -0.4 is 10.1 Å². The van der Waals surface area contributed by atoms with E-state index in [-0.39, 0.29) is 11.9 Å². The van der Waals surface area contributed by atoms with Gasteiger partial charge in [0.15, 0.2) is 0 Å². The third-order valence-corrected chi connectivity index (χ3v) is 5.04. The molecule has 0 saturated carbocycles. The molecule has 0 fully saturated rings. The molecule has 4 nitrogen and oxygen atoms in total. The molecule has 0 saturated heterocycles. The van der Waals surface area contributed by atoms with Crippen molar-refractivity contribution in [1.29, 1.82) is 0 Å². The van der Waals surface area contributed by atoms with Gasteiger partial charge < -0.3 is 10.1 Å². The molecule has 118 valence electrons. The van der Waals surface area contributed by atoms with E-state index < -0.39 is 0 Å². The highest BCUT2D eigenvalue weighted by molar-refractivity contribution is 9.11. The predicted molar refractivity (Wildman–Crippen MR) is 94.6 cm³/mol. The third-order valence-electron chi connectivity index (χ3n) is 3.43. The molecule has 1 heterocycles. The number of carbonyl (C=O) groups is 1. The van der Waals surface area contributed by atoms with Crippen molar-refractivity contribution in [3.8, 4) is 5.75 Å². The quantitative estimate of drug-likeness (QED) is 0.821. The fourth-order valence-electron chi connectivity index (χ4n) is 1.94. The van der Waals surface area contributed by atoms with Crippen molar-refractivity contribution in [3.05, 3.63) is 45.1 Å². The van der Waals surface area contributed by atoms with Crippen LogP contribution in [-0.2, 0) is 11.3 Å². The molecule has 2 rings (SSSR count). The molecule has 1 aromatic heterocycles. The summed E-state index contributed by atoms with van der Waals surface area (Å²) < 4.78 is 6.21. The lowest BCUT2D eigenvalue weighted by atomic mass is 10.2. The Balaban J connectivity index is 1.92. The molecule has 2 aromatic rings. The van der Waals surface area contributed by atoms with Gasteiger partial charge in [-0.05, 0) is 66.3 Å². The summed E-state index contributed by atoms with van der Waals surface area (Å²) >= 11 is 5.14. The lowest BCUT2D eigenvalue weighted by Gasteiger charge is -2.23. The Labute approximate surface area is 143 Å². The minimum atomic E-state index is -0.219. The third kappa shape index (κ3) is 4.56. The Morgan fingerprint density at radius 3 is 2.55 bits per heavy atom. The van der Waals surface area contributed by atoms with E-state index in [4.69, 9.17) is 4.74 Å². The van der Waals surface area contributed by atoms with Gasteiger partial charge in [-0.3, -0.25) is 9.69 Å². The summed E-state index contributed by atoms with van der Waals surface area (Å²) in [6, 6.07) is 11.2. The highest BCUT2D eigenvalue weighted by Gasteiger charge is 2.18. The summed E-state index contributed by atoms with van der Waals surface area (Å²) in [5, 5.41) is 2.92. The number of rotatable bonds is 6. The Morgan fingerprint density at radius 2 is 2.00 bits per heavy atom. The van der Waals surface area contributed by atoms with Gasteiger partial charge in [0.1, 0.15) is 5.75 Å². The summed E-state index contributed by atoms with van der Waals surface area (Å²) in [4.78, 5) is 15.6. The zero-order valence-corrected chi connectivity index (χ0v) is 15.2. The van der Waals surface area contributed by atoms with Crippen molar-refractivity contribution in [1.82, 2.24) is 4.90 Å². The lowest BCUT2D eigenvalue weighted by molar-refractivity contribution is -0.120. The van der Waals surface area contributed by atoms with Gasteiger partial charge in [0, 0.05) is 17.1 Å². The highest BCUT2D eigenvalue weighted by Crippen LogP contribution is 2.23. The van der Waals surface area contributed by atoms with Gasteiger partial charge in [-0.1, -0.05) is 0 Å². The molecule has 1 amide bonds. The fraction of sp³-hybridized carbons (Fsp3) is 0.312. The first kappa shape index (κ1) is 17.0. The number of amides is 1. The van der Waals surface area contributed by atoms with E-state index in [0.717, 1.165) is 21.8 Å². The van der Waals surface area contributed by atoms with Crippen molar-refractivity contribution in [2.75, 3.05) is 19.5 Å². The number of benzene rings is 1. The number of methoxy groups -OCH3 is 1. The average molecular weight is 383 g/mol. The molecule has 0 aliphatic rings. The van der Waals surface area contributed by atoms with Crippen molar-refractivity contribution in [2.45, 2.75) is 19.5 Å². The van der Waals surface area contributed by atoms with Crippen molar-refractivity contribution >= 4 is 38.9 Å². The number of carbonyl (C=O) groups excluding carboxylic acids is 1. The number of nitrogens with one attached hydrogen (secondary N) is 1. The second kappa shape index (κ2) is 7.76. The van der Waals surface area contributed by atoms with Gasteiger partial charge >= 0.3 is 0 Å². The van der Waals surface area contributed by atoms with Crippen LogP contribution in [0, 0.1) is 0 Å². The molecule has 0 radical (unpaired) electrons. The monoisotopic (exact) mass is 382 g/mol. The number of hydrogen-bond donors (Lipinski definition) is 1. The Hall–Kier alpha value is -1.37. The topological polar surface area (TPSA) is 41.6 Å². The van der Waals surface area contributed by atoms with Crippen LogP contribution in [0.2, 0.25) is 0 Å². The van der Waals surface area contributed by atoms with Gasteiger partial charge in [0.05, 0.1) is 16.9 Å². The van der Waals surface area contributed by atoms with Gasteiger partial charge in [-0.15, -0.1) is 11.3 Å². The van der Waals surface area contributed by atoms with Crippen LogP contribution in [0.15, 0.2) is 40.2 Å². The normalized spacial score (nSPS) is 12.2. The summed E-state index contributed by atoms with van der Waals surface area (Å²) in [6.07, 6.45) is 0. The zero-order chi connectivity index (χ0) is 16.1. The lowest BCUT2D eigenvalue weighted by Crippen LogP contribution is -2.39. The maximum absolute atomic E-state index is 12.3. The zero-order valence-electron chi connectivity index (χ0n) is 12.8. The first-order valence-corrected chi connectivity index (χ1v) is 8.50. The molecule has 0 aliphatic heterocycles. The van der Waals surface area contributed by atoms with Crippen LogP contribution in [0.3, 0.4) is 0 Å². The molecule has 1 aromatic carbocycles. The van der Waals surface area contributed by atoms with Crippen molar-refractivity contribution < 1.29 is 9.53 Å². The molecule has 1 N–H and O–H groups in total. The Kier molecular flexibility index (Phi) is 5.99. The second-order valence-corrected chi connectivity index (χ2v) is 7.56. The van der Waals surface area contributed by atoms with E-state index in [9.17, 15) is 4.79 Å². The number of halogens is 1. The van der Waals surface area contributed by atoms with Crippen LogP contribution >= 0.6 is 27.3 Å². The predicted octanol–water partition coefficient (Wildman–Crippen LogP) is 3.98. The molecular weight excluding hydrogens is 364 g/mol. The number of anilines is 1. The Bertz CT molecular complexity index is 627. The molecule has 6 heteroatoms. The van der Waals surface area contributed by atoms with Crippen LogP contribution in [0.5, 0.6) is 5.75 Å². The number of likely N-dealkylation sites (N-methyl/N-ethyl adjacent to an activating group) is 1. The Morgan fingerprint density at radius 1 is 1.32 bits per heavy atom. The summed E-state index contributed by atoms with van der Waals surface area (Å²) in [5.41, 5.74) is 0.768. The summed E-state index contributed by atoms with van der Waals surface area (Å²) in [6.45, 7) is 2.65. The maximum Gasteiger partial charge on any atom is 0.241 e. The minimum Gasteiger partial charge on any atom is -0.497 e. The van der Waals surface area contributed by atoms with E-state index in [1.54, 1.807) is 18.4 Å². The highest BCUT2D eigenvalue weighted by atomic mass is 79.9. The van der Waals surface area contributed by atoms with Crippen LogP contribution in [-0.4, -0.2) is 31.0 Å². The molecular formula is C16H19BrN2O2S. The standard InChI is InChI=1S/C16H19BrN2O2S/c1-11(19(2)10-14-8-9-15(17)22-14)16(20)18-12-4-6-13(21-3)7-5-12/h4-9,11H,10H2,1-3H3,(H,18,20)/t11-/m1/s1. The number of thiophene rings is 1. The van der Waals surface area contributed by atoms with Gasteiger partial charge in [0.2, 0.25) is 5.91 Å². The SMILES string of the molecule is COc1ccc(NC(=O)[C@@H](C)N(C)Cc2ccc(Br)s2)cc1. The van der Waals surface area contributed by atoms with Crippen molar-refractivity contribution in [3.63, 3.8) is 0 Å². The number of nitrogens with zero attached hydrogens (tertiary/aromatic N) is 1. The summed E-state index contributed by atoms with van der Waals surface area (Å²) in [5.74, 6) is 0.745. The van der Waals surface area contributed by atoms with Gasteiger partial charge in [0.25, 0.3) is 0 Å². The molecule has 22 heavy (non-hydrogen) atoms. The fourth-order valence-corrected chi connectivity index (χ4v) is 3.49. The second-order valence-electron chi connectivity index (χ2n) is 5.01. The van der Waals surface area contributed by atoms with Crippen LogP contribution in [0.25, 0.3) is 0 Å².